The third-order valence-corrected chi connectivity index (χ3v) is 4.64. The molecule has 0 spiro atoms. The zero-order valence-electron chi connectivity index (χ0n) is 14.9. The van der Waals surface area contributed by atoms with Crippen molar-refractivity contribution in [3.05, 3.63) is 35.4 Å². The van der Waals surface area contributed by atoms with E-state index in [-0.39, 0.29) is 12.1 Å². The van der Waals surface area contributed by atoms with E-state index in [1.54, 1.807) is 0 Å². The van der Waals surface area contributed by atoms with Gasteiger partial charge in [-0.25, -0.2) is 0 Å². The monoisotopic (exact) mass is 490 g/mol. The molecule has 0 bridgehead atoms. The number of aliphatic hydroxyl groups is 2. The van der Waals surface area contributed by atoms with Crippen LogP contribution in [-0.2, 0) is 11.2 Å². The zero-order chi connectivity index (χ0) is 25.3. The van der Waals surface area contributed by atoms with Gasteiger partial charge in [-0.3, -0.25) is 0 Å². The lowest BCUT2D eigenvalue weighted by atomic mass is 9.83. The van der Waals surface area contributed by atoms with Crippen molar-refractivity contribution in [2.24, 2.45) is 0 Å². The summed E-state index contributed by atoms with van der Waals surface area (Å²) in [5, 5.41) is 16.6. The van der Waals surface area contributed by atoms with Crippen molar-refractivity contribution >= 4 is 22.1 Å². The van der Waals surface area contributed by atoms with Crippen molar-refractivity contribution in [3.63, 3.8) is 0 Å². The summed E-state index contributed by atoms with van der Waals surface area (Å²) in [5.74, 6) is 0. The number of fused-ring (bicyclic) bond motifs is 1. The van der Waals surface area contributed by atoms with Crippen molar-refractivity contribution in [3.8, 4) is 0 Å². The average Bonchev–Trinajstić information content (AvgIpc) is 2.57. The van der Waals surface area contributed by atoms with Crippen LogP contribution in [0.3, 0.4) is 0 Å². The van der Waals surface area contributed by atoms with Gasteiger partial charge in [-0.15, -0.1) is 0 Å². The van der Waals surface area contributed by atoms with Gasteiger partial charge < -0.3 is 21.7 Å². The Morgan fingerprint density at radius 1 is 0.500 bits per heavy atom. The van der Waals surface area contributed by atoms with E-state index in [0.29, 0.717) is 6.07 Å². The molecule has 0 aliphatic carbocycles. The molecule has 0 aliphatic heterocycles. The van der Waals surface area contributed by atoms with Crippen molar-refractivity contribution < 1.29 is 62.9 Å². The van der Waals surface area contributed by atoms with Crippen LogP contribution in [0.15, 0.2) is 24.3 Å². The minimum Gasteiger partial charge on any atom is -0.398 e. The molecule has 0 aromatic heterocycles. The standard InChI is InChI=1S/C16H10F12N2O2/c17-13(18,19)11(31,14(20,21)22)7-1-2-9(29)6-4-10(30)8(3-5(6)7)12(32,15(23,24)25)16(26,27)28/h1-4,31-32H,29-30H2. The number of nitrogen functional groups attached to an aromatic ring is 2. The maximum atomic E-state index is 13.3. The minimum atomic E-state index is -6.56. The van der Waals surface area contributed by atoms with Gasteiger partial charge in [0, 0.05) is 27.9 Å². The number of alkyl halides is 12. The van der Waals surface area contributed by atoms with E-state index >= 15 is 0 Å². The Labute approximate surface area is 169 Å². The SMILES string of the molecule is Nc1cc2c(N)ccc(C(O)(C(F)(F)F)C(F)(F)F)c2cc1C(O)(C(F)(F)F)C(F)(F)F. The van der Waals surface area contributed by atoms with Crippen molar-refractivity contribution in [1.82, 2.24) is 0 Å². The second-order valence-corrected chi connectivity index (χ2v) is 6.60. The first-order valence-corrected chi connectivity index (χ1v) is 7.86. The molecule has 32 heavy (non-hydrogen) atoms. The van der Waals surface area contributed by atoms with Crippen molar-refractivity contribution in [2.75, 3.05) is 11.5 Å². The maximum Gasteiger partial charge on any atom is 0.430 e. The molecule has 180 valence electrons. The second kappa shape index (κ2) is 6.94. The lowest BCUT2D eigenvalue weighted by Crippen LogP contribution is -2.54. The highest BCUT2D eigenvalue weighted by Crippen LogP contribution is 2.55. The van der Waals surface area contributed by atoms with E-state index in [1.807, 2.05) is 0 Å². The molecule has 2 rings (SSSR count). The van der Waals surface area contributed by atoms with Crippen LogP contribution in [0, 0.1) is 0 Å². The van der Waals surface area contributed by atoms with Crippen LogP contribution in [0.1, 0.15) is 11.1 Å². The molecule has 0 atom stereocenters. The van der Waals surface area contributed by atoms with Gasteiger partial charge in [-0.2, -0.15) is 52.7 Å². The number of rotatable bonds is 2. The van der Waals surface area contributed by atoms with Gasteiger partial charge in [0.25, 0.3) is 11.2 Å². The van der Waals surface area contributed by atoms with Crippen LogP contribution in [-0.4, -0.2) is 34.9 Å². The maximum absolute atomic E-state index is 13.3. The average molecular weight is 490 g/mol. The van der Waals surface area contributed by atoms with Gasteiger partial charge in [-0.05, 0) is 23.6 Å². The van der Waals surface area contributed by atoms with Crippen LogP contribution < -0.4 is 11.5 Å². The highest BCUT2D eigenvalue weighted by atomic mass is 19.4. The summed E-state index contributed by atoms with van der Waals surface area (Å²) < 4.78 is 159. The molecule has 0 aliphatic rings. The molecule has 0 unspecified atom stereocenters. The molecule has 0 amide bonds. The Morgan fingerprint density at radius 2 is 0.875 bits per heavy atom. The van der Waals surface area contributed by atoms with Crippen molar-refractivity contribution in [2.45, 2.75) is 35.9 Å². The first-order valence-electron chi connectivity index (χ1n) is 7.86. The molecule has 0 radical (unpaired) electrons. The first kappa shape index (κ1) is 25.6. The number of nitrogens with two attached hydrogens (primary N) is 2. The van der Waals surface area contributed by atoms with E-state index in [1.165, 1.54) is 0 Å². The topological polar surface area (TPSA) is 92.5 Å². The lowest BCUT2D eigenvalue weighted by Gasteiger charge is -2.35. The van der Waals surface area contributed by atoms with Crippen LogP contribution in [0.4, 0.5) is 64.1 Å². The highest BCUT2D eigenvalue weighted by Gasteiger charge is 2.73. The Bertz CT molecular complexity index is 1010. The van der Waals surface area contributed by atoms with E-state index in [4.69, 9.17) is 11.5 Å². The Morgan fingerprint density at radius 3 is 1.25 bits per heavy atom. The Balaban J connectivity index is 3.14. The van der Waals surface area contributed by atoms with Gasteiger partial charge in [0.15, 0.2) is 0 Å². The number of hydrogen-bond donors (Lipinski definition) is 4. The van der Waals surface area contributed by atoms with Crippen LogP contribution >= 0.6 is 0 Å². The van der Waals surface area contributed by atoms with E-state index in [0.717, 1.165) is 0 Å². The summed E-state index contributed by atoms with van der Waals surface area (Å²) in [7, 11) is 0. The molecular formula is C16H10F12N2O2. The summed E-state index contributed by atoms with van der Waals surface area (Å²) in [6.07, 6.45) is -26.2. The van der Waals surface area contributed by atoms with Gasteiger partial charge in [-0.1, -0.05) is 6.07 Å². The third kappa shape index (κ3) is 3.44. The minimum absolute atomic E-state index is 0.0706. The Hall–Kier alpha value is -2.62. The lowest BCUT2D eigenvalue weighted by molar-refractivity contribution is -0.376. The fourth-order valence-corrected chi connectivity index (χ4v) is 2.99. The number of anilines is 2. The summed E-state index contributed by atoms with van der Waals surface area (Å²) in [6, 6.07) is -0.0172. The number of benzene rings is 2. The summed E-state index contributed by atoms with van der Waals surface area (Å²) in [5.41, 5.74) is -7.69. The fraction of sp³-hybridized carbons (Fsp3) is 0.375. The molecule has 4 nitrogen and oxygen atoms in total. The zero-order valence-corrected chi connectivity index (χ0v) is 14.9. The molecule has 16 heteroatoms. The Kier molecular flexibility index (Phi) is 5.56. The van der Waals surface area contributed by atoms with Crippen LogP contribution in [0.5, 0.6) is 0 Å². The molecule has 2 aromatic carbocycles. The van der Waals surface area contributed by atoms with Gasteiger partial charge in [0.05, 0.1) is 0 Å². The van der Waals surface area contributed by atoms with Crippen LogP contribution in [0.2, 0.25) is 0 Å². The summed E-state index contributed by atoms with van der Waals surface area (Å²) >= 11 is 0. The predicted octanol–water partition coefficient (Wildman–Crippen LogP) is 4.63. The fourth-order valence-electron chi connectivity index (χ4n) is 2.99. The van der Waals surface area contributed by atoms with E-state index in [2.05, 4.69) is 0 Å². The van der Waals surface area contributed by atoms with Gasteiger partial charge in [0.2, 0.25) is 0 Å². The first-order chi connectivity index (χ1) is 14.0. The second-order valence-electron chi connectivity index (χ2n) is 6.60. The van der Waals surface area contributed by atoms with E-state index < -0.39 is 75.2 Å². The predicted molar refractivity (Wildman–Crippen MR) is 84.8 cm³/mol. The van der Waals surface area contributed by atoms with Gasteiger partial charge >= 0.3 is 24.7 Å². The smallest absolute Gasteiger partial charge is 0.398 e. The quantitative estimate of drug-likeness (QED) is 0.365. The molecule has 6 N–H and O–H groups in total. The normalized spacial score (nSPS) is 14.8. The van der Waals surface area contributed by atoms with Gasteiger partial charge in [0.1, 0.15) is 0 Å². The van der Waals surface area contributed by atoms with Crippen molar-refractivity contribution in [1.29, 1.82) is 0 Å². The van der Waals surface area contributed by atoms with Crippen LogP contribution in [0.25, 0.3) is 10.8 Å². The molecule has 2 aromatic rings. The molecule has 0 fully saturated rings. The molecule has 0 saturated heterocycles. The number of hydrogen-bond acceptors (Lipinski definition) is 4. The molecular weight excluding hydrogens is 480 g/mol. The third-order valence-electron chi connectivity index (χ3n) is 4.64. The summed E-state index contributed by atoms with van der Waals surface area (Å²) in [4.78, 5) is 0. The summed E-state index contributed by atoms with van der Waals surface area (Å²) in [6.45, 7) is 0. The highest BCUT2D eigenvalue weighted by molar-refractivity contribution is 5.98. The number of halogens is 12. The molecule has 0 saturated carbocycles. The largest absolute Gasteiger partial charge is 0.430 e. The van der Waals surface area contributed by atoms with E-state index in [9.17, 15) is 62.9 Å². The molecule has 0 heterocycles.